The number of carboxylic acids is 1. The van der Waals surface area contributed by atoms with Crippen LogP contribution in [0, 0.1) is 11.8 Å². The lowest BCUT2D eigenvalue weighted by molar-refractivity contribution is -0.143. The van der Waals surface area contributed by atoms with Crippen molar-refractivity contribution < 1.29 is 24.2 Å². The second-order valence-electron chi connectivity index (χ2n) is 4.15. The van der Waals surface area contributed by atoms with Crippen molar-refractivity contribution in [3.05, 3.63) is 0 Å². The van der Waals surface area contributed by atoms with Crippen LogP contribution in [0.25, 0.3) is 0 Å². The highest BCUT2D eigenvalue weighted by molar-refractivity contribution is 5.76. The average molecular weight is 260 g/mol. The molecule has 0 bridgehead atoms. The molecule has 1 unspecified atom stereocenters. The van der Waals surface area contributed by atoms with Gasteiger partial charge in [-0.3, -0.25) is 9.59 Å². The fraction of sp³-hybridized carbons (Fsp3) is 0.727. The average Bonchev–Trinajstić information content (AvgIpc) is 2.27. The van der Waals surface area contributed by atoms with Crippen molar-refractivity contribution in [2.24, 2.45) is 11.8 Å². The predicted octanol–water partition coefficient (Wildman–Crippen LogP) is 0.206. The minimum Gasteiger partial charge on any atom is -0.481 e. The summed E-state index contributed by atoms with van der Waals surface area (Å²) >= 11 is 0. The van der Waals surface area contributed by atoms with Crippen molar-refractivity contribution in [2.45, 2.75) is 20.3 Å². The third kappa shape index (κ3) is 6.72. The van der Waals surface area contributed by atoms with E-state index >= 15 is 0 Å². The van der Waals surface area contributed by atoms with Crippen LogP contribution in [-0.4, -0.2) is 43.3 Å². The van der Waals surface area contributed by atoms with Gasteiger partial charge in [-0.25, -0.2) is 4.79 Å². The molecule has 0 aromatic carbocycles. The van der Waals surface area contributed by atoms with Crippen LogP contribution in [-0.2, 0) is 14.3 Å². The van der Waals surface area contributed by atoms with Crippen molar-refractivity contribution in [1.82, 2.24) is 10.6 Å². The van der Waals surface area contributed by atoms with Gasteiger partial charge in [0, 0.05) is 13.1 Å². The minimum absolute atomic E-state index is 0.0526. The summed E-state index contributed by atoms with van der Waals surface area (Å²) in [7, 11) is 1.27. The monoisotopic (exact) mass is 260 g/mol. The Balaban J connectivity index is 3.88. The van der Waals surface area contributed by atoms with Crippen LogP contribution in [0.3, 0.4) is 0 Å². The first-order chi connectivity index (χ1) is 8.38. The number of amides is 2. The standard InChI is InChI=1S/C11H20N2O5/c1-7(2)8(10(15)16)6-13-11(17)12-5-4-9(14)18-3/h7-8H,4-6H2,1-3H3,(H,15,16)(H2,12,13,17). The van der Waals surface area contributed by atoms with Crippen LogP contribution < -0.4 is 10.6 Å². The van der Waals surface area contributed by atoms with E-state index in [1.807, 2.05) is 0 Å². The fourth-order valence-corrected chi connectivity index (χ4v) is 1.25. The zero-order valence-corrected chi connectivity index (χ0v) is 10.9. The molecule has 0 aromatic heterocycles. The lowest BCUT2D eigenvalue weighted by Crippen LogP contribution is -2.41. The number of carbonyl (C=O) groups excluding carboxylic acids is 2. The Labute approximate surface area is 106 Å². The highest BCUT2D eigenvalue weighted by atomic mass is 16.5. The number of hydrogen-bond donors (Lipinski definition) is 3. The van der Waals surface area contributed by atoms with Crippen molar-refractivity contribution in [3.63, 3.8) is 0 Å². The maximum Gasteiger partial charge on any atom is 0.314 e. The summed E-state index contributed by atoms with van der Waals surface area (Å²) in [5, 5.41) is 13.8. The molecule has 0 heterocycles. The Morgan fingerprint density at radius 1 is 1.22 bits per heavy atom. The van der Waals surface area contributed by atoms with Crippen LogP contribution >= 0.6 is 0 Å². The first-order valence-electron chi connectivity index (χ1n) is 5.69. The zero-order chi connectivity index (χ0) is 14.1. The van der Waals surface area contributed by atoms with Crippen molar-refractivity contribution in [2.75, 3.05) is 20.2 Å². The van der Waals surface area contributed by atoms with Crippen molar-refractivity contribution in [3.8, 4) is 0 Å². The number of nitrogens with one attached hydrogen (secondary N) is 2. The zero-order valence-electron chi connectivity index (χ0n) is 10.9. The maximum absolute atomic E-state index is 11.3. The molecule has 3 N–H and O–H groups in total. The van der Waals surface area contributed by atoms with E-state index in [4.69, 9.17) is 5.11 Å². The summed E-state index contributed by atoms with van der Waals surface area (Å²) in [5.74, 6) is -2.06. The molecule has 0 fully saturated rings. The third-order valence-electron chi connectivity index (χ3n) is 2.45. The molecule has 0 aliphatic heterocycles. The Hall–Kier alpha value is -1.79. The smallest absolute Gasteiger partial charge is 0.314 e. The number of urea groups is 1. The molecule has 0 aliphatic rings. The summed E-state index contributed by atoms with van der Waals surface area (Å²) in [6.07, 6.45) is 0.0798. The Morgan fingerprint density at radius 3 is 2.28 bits per heavy atom. The molecule has 18 heavy (non-hydrogen) atoms. The van der Waals surface area contributed by atoms with Crippen molar-refractivity contribution >= 4 is 18.0 Å². The van der Waals surface area contributed by atoms with E-state index in [9.17, 15) is 14.4 Å². The number of carbonyl (C=O) groups is 3. The molecule has 0 radical (unpaired) electrons. The van der Waals surface area contributed by atoms with Gasteiger partial charge in [0.05, 0.1) is 19.4 Å². The third-order valence-corrected chi connectivity index (χ3v) is 2.45. The SMILES string of the molecule is COC(=O)CCNC(=O)NCC(C(=O)O)C(C)C. The maximum atomic E-state index is 11.3. The van der Waals surface area contributed by atoms with Gasteiger partial charge >= 0.3 is 18.0 Å². The molecular weight excluding hydrogens is 240 g/mol. The molecule has 0 aromatic rings. The topological polar surface area (TPSA) is 105 Å². The number of aliphatic carboxylic acids is 1. The van der Waals surface area contributed by atoms with Gasteiger partial charge in [0.15, 0.2) is 0 Å². The highest BCUT2D eigenvalue weighted by Crippen LogP contribution is 2.09. The molecule has 7 nitrogen and oxygen atoms in total. The van der Waals surface area contributed by atoms with Gasteiger partial charge in [0.1, 0.15) is 0 Å². The van der Waals surface area contributed by atoms with Crippen LogP contribution in [0.1, 0.15) is 20.3 Å². The molecule has 0 aliphatic carbocycles. The number of carboxylic acid groups (broad SMARTS) is 1. The van der Waals surface area contributed by atoms with Gasteiger partial charge in [-0.15, -0.1) is 0 Å². The van der Waals surface area contributed by atoms with Crippen molar-refractivity contribution in [1.29, 1.82) is 0 Å². The molecule has 1 atom stereocenters. The van der Waals surface area contributed by atoms with E-state index in [0.29, 0.717) is 0 Å². The number of ether oxygens (including phenoxy) is 1. The van der Waals surface area contributed by atoms with Gasteiger partial charge < -0.3 is 20.5 Å². The number of hydrogen-bond acceptors (Lipinski definition) is 4. The van der Waals surface area contributed by atoms with E-state index in [1.165, 1.54) is 7.11 Å². The van der Waals surface area contributed by atoms with E-state index in [-0.39, 0.29) is 25.4 Å². The Morgan fingerprint density at radius 2 is 1.83 bits per heavy atom. The highest BCUT2D eigenvalue weighted by Gasteiger charge is 2.21. The van der Waals surface area contributed by atoms with Gasteiger partial charge in [0.2, 0.25) is 0 Å². The quantitative estimate of drug-likeness (QED) is 0.567. The van der Waals surface area contributed by atoms with E-state index < -0.39 is 23.9 Å². The van der Waals surface area contributed by atoms with Crippen LogP contribution in [0.2, 0.25) is 0 Å². The van der Waals surface area contributed by atoms with E-state index in [0.717, 1.165) is 0 Å². The largest absolute Gasteiger partial charge is 0.481 e. The van der Waals surface area contributed by atoms with Crippen LogP contribution in [0.15, 0.2) is 0 Å². The number of rotatable bonds is 7. The second-order valence-corrected chi connectivity index (χ2v) is 4.15. The second kappa shape index (κ2) is 8.32. The minimum atomic E-state index is -0.945. The molecule has 0 saturated carbocycles. The summed E-state index contributed by atoms with van der Waals surface area (Å²) in [6, 6.07) is -0.495. The Kier molecular flexibility index (Phi) is 7.50. The lowest BCUT2D eigenvalue weighted by Gasteiger charge is -2.16. The molecule has 0 spiro atoms. The Bertz CT molecular complexity index is 304. The molecule has 7 heteroatoms. The first kappa shape index (κ1) is 16.2. The first-order valence-corrected chi connectivity index (χ1v) is 5.69. The molecular formula is C11H20N2O5. The number of esters is 1. The summed E-state index contributed by atoms with van der Waals surface area (Å²) in [6.45, 7) is 3.75. The normalized spacial score (nSPS) is 11.8. The molecule has 104 valence electrons. The van der Waals surface area contributed by atoms with Gasteiger partial charge in [0.25, 0.3) is 0 Å². The summed E-state index contributed by atoms with van der Waals surface area (Å²) in [4.78, 5) is 32.9. The van der Waals surface area contributed by atoms with Crippen LogP contribution in [0.5, 0.6) is 0 Å². The van der Waals surface area contributed by atoms with Gasteiger partial charge in [-0.2, -0.15) is 0 Å². The predicted molar refractivity (Wildman–Crippen MR) is 64.0 cm³/mol. The molecule has 2 amide bonds. The molecule has 0 rings (SSSR count). The van der Waals surface area contributed by atoms with E-state index in [1.54, 1.807) is 13.8 Å². The summed E-state index contributed by atoms with van der Waals surface area (Å²) in [5.41, 5.74) is 0. The summed E-state index contributed by atoms with van der Waals surface area (Å²) < 4.78 is 4.40. The molecule has 0 saturated heterocycles. The van der Waals surface area contributed by atoms with Crippen LogP contribution in [0.4, 0.5) is 4.79 Å². The number of methoxy groups -OCH3 is 1. The fourth-order valence-electron chi connectivity index (χ4n) is 1.25. The lowest BCUT2D eigenvalue weighted by atomic mass is 9.96. The van der Waals surface area contributed by atoms with Gasteiger partial charge in [-0.1, -0.05) is 13.8 Å². The van der Waals surface area contributed by atoms with Gasteiger partial charge in [-0.05, 0) is 5.92 Å². The van der Waals surface area contributed by atoms with E-state index in [2.05, 4.69) is 15.4 Å².